The second kappa shape index (κ2) is 9.89. The molecule has 0 bridgehead atoms. The number of thiophene rings is 1. The average molecular weight is 411 g/mol. The number of rotatable bonds is 9. The summed E-state index contributed by atoms with van der Waals surface area (Å²) >= 11 is 1.52. The van der Waals surface area contributed by atoms with Crippen LogP contribution in [-0.4, -0.2) is 19.6 Å². The number of benzene rings is 2. The Kier molecular flexibility index (Phi) is 7.03. The smallest absolute Gasteiger partial charge is 0.258 e. The van der Waals surface area contributed by atoms with Gasteiger partial charge in [-0.15, -0.1) is 17.9 Å². The molecule has 4 nitrogen and oxygen atoms in total. The topological polar surface area (TPSA) is 47.6 Å². The first-order chi connectivity index (χ1) is 14.1. The van der Waals surface area contributed by atoms with Crippen molar-refractivity contribution < 1.29 is 18.7 Å². The highest BCUT2D eigenvalue weighted by atomic mass is 32.1. The minimum atomic E-state index is -0.372. The SMILES string of the molecule is C=CCc1ccc(OCC(=O)NC(c2ccc(F)cc2)c2cccs2)c(OC)c1. The molecule has 29 heavy (non-hydrogen) atoms. The standard InChI is InChI=1S/C23H22FNO3S/c1-3-5-16-7-12-19(20(14-16)27-2)28-15-22(26)25-23(21-6-4-13-29-21)17-8-10-18(24)11-9-17/h3-4,6-14,23H,1,5,15H2,2H3,(H,25,26). The van der Waals surface area contributed by atoms with Gasteiger partial charge in [0.25, 0.3) is 5.91 Å². The maximum atomic E-state index is 13.3. The van der Waals surface area contributed by atoms with Crippen LogP contribution in [0, 0.1) is 5.82 Å². The molecule has 0 radical (unpaired) electrons. The third-order valence-corrected chi connectivity index (χ3v) is 5.24. The van der Waals surface area contributed by atoms with E-state index in [9.17, 15) is 9.18 Å². The summed E-state index contributed by atoms with van der Waals surface area (Å²) in [4.78, 5) is 13.5. The first-order valence-electron chi connectivity index (χ1n) is 9.09. The van der Waals surface area contributed by atoms with E-state index in [-0.39, 0.29) is 24.4 Å². The summed E-state index contributed by atoms with van der Waals surface area (Å²) in [5.74, 6) is 0.445. The van der Waals surface area contributed by atoms with Crippen molar-refractivity contribution in [2.24, 2.45) is 0 Å². The number of hydrogen-bond acceptors (Lipinski definition) is 4. The van der Waals surface area contributed by atoms with Crippen LogP contribution in [0.5, 0.6) is 11.5 Å². The molecule has 3 rings (SSSR count). The Hall–Kier alpha value is -3.12. The molecular weight excluding hydrogens is 389 g/mol. The largest absolute Gasteiger partial charge is 0.493 e. The predicted octanol–water partition coefficient (Wildman–Crippen LogP) is 4.91. The van der Waals surface area contributed by atoms with Crippen molar-refractivity contribution >= 4 is 17.2 Å². The molecule has 0 aliphatic rings. The number of methoxy groups -OCH3 is 1. The molecule has 1 unspecified atom stereocenters. The van der Waals surface area contributed by atoms with Gasteiger partial charge < -0.3 is 14.8 Å². The lowest BCUT2D eigenvalue weighted by Crippen LogP contribution is -2.33. The maximum absolute atomic E-state index is 13.3. The summed E-state index contributed by atoms with van der Waals surface area (Å²) in [6.07, 6.45) is 2.53. The molecule has 0 saturated heterocycles. The van der Waals surface area contributed by atoms with Gasteiger partial charge in [0.2, 0.25) is 0 Å². The average Bonchev–Trinajstić information content (AvgIpc) is 3.26. The molecule has 6 heteroatoms. The predicted molar refractivity (Wildman–Crippen MR) is 113 cm³/mol. The lowest BCUT2D eigenvalue weighted by molar-refractivity contribution is -0.123. The number of carbonyl (C=O) groups is 1. The second-order valence-corrected chi connectivity index (χ2v) is 7.31. The first kappa shape index (κ1) is 20.6. The Balaban J connectivity index is 1.69. The van der Waals surface area contributed by atoms with E-state index in [4.69, 9.17) is 9.47 Å². The van der Waals surface area contributed by atoms with Gasteiger partial charge in [0.05, 0.1) is 13.2 Å². The van der Waals surface area contributed by atoms with Crippen LogP contribution in [0.2, 0.25) is 0 Å². The van der Waals surface area contributed by atoms with E-state index in [2.05, 4.69) is 11.9 Å². The van der Waals surface area contributed by atoms with E-state index in [0.29, 0.717) is 11.5 Å². The second-order valence-electron chi connectivity index (χ2n) is 6.33. The zero-order chi connectivity index (χ0) is 20.6. The van der Waals surface area contributed by atoms with E-state index in [0.717, 1.165) is 22.4 Å². The summed E-state index contributed by atoms with van der Waals surface area (Å²) in [7, 11) is 1.56. The van der Waals surface area contributed by atoms with Gasteiger partial charge in [0.1, 0.15) is 5.82 Å². The number of nitrogens with one attached hydrogen (secondary N) is 1. The Morgan fingerprint density at radius 3 is 2.66 bits per heavy atom. The monoisotopic (exact) mass is 411 g/mol. The summed E-state index contributed by atoms with van der Waals surface area (Å²) in [6.45, 7) is 3.56. The summed E-state index contributed by atoms with van der Waals surface area (Å²) in [6, 6.07) is 15.1. The van der Waals surface area contributed by atoms with Gasteiger partial charge in [-0.1, -0.05) is 30.3 Å². The van der Waals surface area contributed by atoms with Gasteiger partial charge >= 0.3 is 0 Å². The molecule has 0 saturated carbocycles. The highest BCUT2D eigenvalue weighted by molar-refractivity contribution is 7.10. The van der Waals surface area contributed by atoms with Gasteiger partial charge in [0, 0.05) is 4.88 Å². The summed E-state index contributed by atoms with van der Waals surface area (Å²) < 4.78 is 24.3. The van der Waals surface area contributed by atoms with Gasteiger partial charge in [-0.25, -0.2) is 4.39 Å². The Morgan fingerprint density at radius 1 is 1.21 bits per heavy atom. The van der Waals surface area contributed by atoms with Crippen molar-refractivity contribution in [1.82, 2.24) is 5.32 Å². The van der Waals surface area contributed by atoms with E-state index in [1.54, 1.807) is 25.3 Å². The molecule has 0 fully saturated rings. The number of ether oxygens (including phenoxy) is 2. The fourth-order valence-electron chi connectivity index (χ4n) is 2.90. The van der Waals surface area contributed by atoms with Crippen LogP contribution < -0.4 is 14.8 Å². The highest BCUT2D eigenvalue weighted by Crippen LogP contribution is 2.29. The van der Waals surface area contributed by atoms with Crippen LogP contribution in [0.1, 0.15) is 22.0 Å². The Labute approximate surface area is 173 Å². The van der Waals surface area contributed by atoms with Crippen LogP contribution in [0.4, 0.5) is 4.39 Å². The van der Waals surface area contributed by atoms with Crippen molar-refractivity contribution in [1.29, 1.82) is 0 Å². The third kappa shape index (κ3) is 5.45. The molecule has 1 heterocycles. The Bertz CT molecular complexity index is 955. The molecule has 0 aliphatic heterocycles. The summed E-state index contributed by atoms with van der Waals surface area (Å²) in [5.41, 5.74) is 1.84. The van der Waals surface area contributed by atoms with Gasteiger partial charge in [-0.3, -0.25) is 4.79 Å². The lowest BCUT2D eigenvalue weighted by atomic mass is 10.1. The van der Waals surface area contributed by atoms with Crippen molar-refractivity contribution in [3.05, 3.63) is 94.5 Å². The normalized spacial score (nSPS) is 11.5. The summed E-state index contributed by atoms with van der Waals surface area (Å²) in [5, 5.41) is 4.90. The fraction of sp³-hybridized carbons (Fsp3) is 0.174. The van der Waals surface area contributed by atoms with Crippen LogP contribution in [0.3, 0.4) is 0 Å². The fourth-order valence-corrected chi connectivity index (χ4v) is 3.70. The third-order valence-electron chi connectivity index (χ3n) is 4.30. The maximum Gasteiger partial charge on any atom is 0.258 e. The van der Waals surface area contributed by atoms with Gasteiger partial charge in [0.15, 0.2) is 18.1 Å². The van der Waals surface area contributed by atoms with Crippen LogP contribution >= 0.6 is 11.3 Å². The molecule has 0 aliphatic carbocycles. The number of allylic oxidation sites excluding steroid dienone is 1. The van der Waals surface area contributed by atoms with Crippen molar-refractivity contribution in [2.75, 3.05) is 13.7 Å². The molecule has 2 aromatic carbocycles. The van der Waals surface area contributed by atoms with Crippen molar-refractivity contribution in [3.63, 3.8) is 0 Å². The molecular formula is C23H22FNO3S. The molecule has 150 valence electrons. The number of amides is 1. The highest BCUT2D eigenvalue weighted by Gasteiger charge is 2.19. The lowest BCUT2D eigenvalue weighted by Gasteiger charge is -2.19. The zero-order valence-electron chi connectivity index (χ0n) is 16.1. The van der Waals surface area contributed by atoms with E-state index in [1.165, 1.54) is 23.5 Å². The molecule has 1 N–H and O–H groups in total. The van der Waals surface area contributed by atoms with Gasteiger partial charge in [-0.2, -0.15) is 0 Å². The number of halogens is 1. The minimum absolute atomic E-state index is 0.166. The van der Waals surface area contributed by atoms with E-state index < -0.39 is 0 Å². The zero-order valence-corrected chi connectivity index (χ0v) is 16.9. The molecule has 1 amide bonds. The van der Waals surface area contributed by atoms with Crippen LogP contribution in [0.25, 0.3) is 0 Å². The molecule has 1 aromatic heterocycles. The minimum Gasteiger partial charge on any atom is -0.493 e. The molecule has 3 aromatic rings. The Morgan fingerprint density at radius 2 is 2.00 bits per heavy atom. The first-order valence-corrected chi connectivity index (χ1v) is 9.97. The number of carbonyl (C=O) groups excluding carboxylic acids is 1. The van der Waals surface area contributed by atoms with Gasteiger partial charge in [-0.05, 0) is 53.3 Å². The van der Waals surface area contributed by atoms with E-state index >= 15 is 0 Å². The van der Waals surface area contributed by atoms with Crippen molar-refractivity contribution in [3.8, 4) is 11.5 Å². The van der Waals surface area contributed by atoms with Crippen LogP contribution in [0.15, 0.2) is 72.6 Å². The van der Waals surface area contributed by atoms with E-state index in [1.807, 2.05) is 35.7 Å². The molecule has 1 atom stereocenters. The quantitative estimate of drug-likeness (QED) is 0.509. The van der Waals surface area contributed by atoms with Crippen LogP contribution in [-0.2, 0) is 11.2 Å². The number of hydrogen-bond donors (Lipinski definition) is 1. The molecule has 0 spiro atoms. The van der Waals surface area contributed by atoms with Crippen molar-refractivity contribution in [2.45, 2.75) is 12.5 Å².